The van der Waals surface area contributed by atoms with Crippen LogP contribution in [0.4, 0.5) is 5.69 Å². The van der Waals surface area contributed by atoms with Gasteiger partial charge in [-0.15, -0.1) is 10.2 Å². The molecule has 1 saturated heterocycles. The highest BCUT2D eigenvalue weighted by Gasteiger charge is 2.23. The van der Waals surface area contributed by atoms with Crippen molar-refractivity contribution < 1.29 is 17.9 Å². The molecule has 1 aromatic heterocycles. The van der Waals surface area contributed by atoms with E-state index >= 15 is 0 Å². The van der Waals surface area contributed by atoms with Crippen LogP contribution in [0.5, 0.6) is 0 Å². The quantitative estimate of drug-likeness (QED) is 0.559. The number of aromatic nitrogens is 3. The van der Waals surface area contributed by atoms with Gasteiger partial charge in [-0.05, 0) is 26.0 Å². The van der Waals surface area contributed by atoms with Gasteiger partial charge in [-0.1, -0.05) is 29.5 Å². The van der Waals surface area contributed by atoms with Crippen LogP contribution in [0.25, 0.3) is 0 Å². The molecule has 0 saturated carbocycles. The Morgan fingerprint density at radius 2 is 1.87 bits per heavy atom. The van der Waals surface area contributed by atoms with Crippen molar-refractivity contribution in [2.24, 2.45) is 0 Å². The molecule has 1 aliphatic heterocycles. The number of carbonyl (C=O) groups is 1. The van der Waals surface area contributed by atoms with Crippen molar-refractivity contribution in [1.29, 1.82) is 0 Å². The number of nitrogens with zero attached hydrogens (tertiary/aromatic N) is 5. The van der Waals surface area contributed by atoms with Crippen LogP contribution in [0, 0.1) is 6.92 Å². The average Bonchev–Trinajstić information content (AvgIpc) is 3.12. The molecule has 164 valence electrons. The number of benzene rings is 1. The molecular formula is C19H27N5O4S2. The SMILES string of the molecule is CCn1c(CN(c2ccc(C)cc2)S(C)(=O)=O)nnc1SCC(=O)N1CCOCC1. The van der Waals surface area contributed by atoms with Crippen LogP contribution in [0.15, 0.2) is 29.4 Å². The standard InChI is InChI=1S/C19H27N5O4S2/c1-4-23-17(13-24(30(3,26)27)16-7-5-15(2)6-8-16)20-21-19(23)29-14-18(25)22-9-11-28-12-10-22/h5-8H,4,9-14H2,1-3H3. The molecule has 1 aliphatic rings. The van der Waals surface area contributed by atoms with E-state index in [-0.39, 0.29) is 18.2 Å². The lowest BCUT2D eigenvalue weighted by atomic mass is 10.2. The number of hydrogen-bond acceptors (Lipinski definition) is 7. The third-order valence-electron chi connectivity index (χ3n) is 4.81. The normalized spacial score (nSPS) is 14.7. The number of thioether (sulfide) groups is 1. The minimum atomic E-state index is -3.51. The molecule has 0 aliphatic carbocycles. The van der Waals surface area contributed by atoms with Crippen LogP contribution in [0.3, 0.4) is 0 Å². The molecule has 11 heteroatoms. The van der Waals surface area contributed by atoms with Crippen molar-refractivity contribution in [2.45, 2.75) is 32.1 Å². The lowest BCUT2D eigenvalue weighted by Gasteiger charge is -2.26. The maximum Gasteiger partial charge on any atom is 0.233 e. The maximum atomic E-state index is 12.4. The monoisotopic (exact) mass is 453 g/mol. The summed E-state index contributed by atoms with van der Waals surface area (Å²) in [4.78, 5) is 14.2. The number of sulfonamides is 1. The fraction of sp³-hybridized carbons (Fsp3) is 0.526. The van der Waals surface area contributed by atoms with E-state index in [1.54, 1.807) is 17.0 Å². The number of carbonyl (C=O) groups excluding carboxylic acids is 1. The average molecular weight is 454 g/mol. The van der Waals surface area contributed by atoms with Gasteiger partial charge >= 0.3 is 0 Å². The maximum absolute atomic E-state index is 12.4. The van der Waals surface area contributed by atoms with Crippen LogP contribution >= 0.6 is 11.8 Å². The molecule has 0 bridgehead atoms. The van der Waals surface area contributed by atoms with Gasteiger partial charge in [-0.2, -0.15) is 0 Å². The third kappa shape index (κ3) is 5.52. The molecule has 3 rings (SSSR count). The van der Waals surface area contributed by atoms with Gasteiger partial charge in [0.2, 0.25) is 15.9 Å². The summed E-state index contributed by atoms with van der Waals surface area (Å²) in [5.74, 6) is 0.823. The molecule has 2 heterocycles. The van der Waals surface area contributed by atoms with Crippen molar-refractivity contribution in [3.8, 4) is 0 Å². The van der Waals surface area contributed by atoms with E-state index in [0.29, 0.717) is 49.5 Å². The zero-order chi connectivity index (χ0) is 21.7. The summed E-state index contributed by atoms with van der Waals surface area (Å²) in [6, 6.07) is 7.30. The topological polar surface area (TPSA) is 97.6 Å². The van der Waals surface area contributed by atoms with Gasteiger partial charge in [-0.3, -0.25) is 9.10 Å². The Hall–Kier alpha value is -2.11. The van der Waals surface area contributed by atoms with Crippen LogP contribution in [-0.4, -0.2) is 72.3 Å². The molecule has 9 nitrogen and oxygen atoms in total. The lowest BCUT2D eigenvalue weighted by molar-refractivity contribution is -0.132. The number of hydrogen-bond donors (Lipinski definition) is 0. The molecule has 0 atom stereocenters. The van der Waals surface area contributed by atoms with E-state index in [2.05, 4.69) is 10.2 Å². The Kier molecular flexibility index (Phi) is 7.37. The molecule has 0 radical (unpaired) electrons. The highest BCUT2D eigenvalue weighted by molar-refractivity contribution is 7.99. The molecule has 2 aromatic rings. The molecule has 30 heavy (non-hydrogen) atoms. The zero-order valence-electron chi connectivity index (χ0n) is 17.4. The first-order chi connectivity index (χ1) is 14.3. The van der Waals surface area contributed by atoms with Gasteiger partial charge in [0.05, 0.1) is 37.5 Å². The van der Waals surface area contributed by atoms with E-state index in [4.69, 9.17) is 4.74 Å². The highest BCUT2D eigenvalue weighted by Crippen LogP contribution is 2.23. The van der Waals surface area contributed by atoms with Crippen molar-refractivity contribution in [1.82, 2.24) is 19.7 Å². The minimum Gasteiger partial charge on any atom is -0.378 e. The Morgan fingerprint density at radius 1 is 1.20 bits per heavy atom. The minimum absolute atomic E-state index is 0.0351. The van der Waals surface area contributed by atoms with Crippen molar-refractivity contribution in [2.75, 3.05) is 42.6 Å². The Labute approximate surface area is 181 Å². The van der Waals surface area contributed by atoms with Crippen molar-refractivity contribution in [3.63, 3.8) is 0 Å². The zero-order valence-corrected chi connectivity index (χ0v) is 19.1. The van der Waals surface area contributed by atoms with E-state index in [1.165, 1.54) is 22.3 Å². The molecule has 1 aromatic carbocycles. The van der Waals surface area contributed by atoms with E-state index in [1.807, 2.05) is 30.5 Å². The Bertz CT molecular complexity index is 969. The predicted molar refractivity (Wildman–Crippen MR) is 116 cm³/mol. The third-order valence-corrected chi connectivity index (χ3v) is 6.90. The fourth-order valence-corrected chi connectivity index (χ4v) is 4.91. The summed E-state index contributed by atoms with van der Waals surface area (Å²) in [5.41, 5.74) is 1.62. The van der Waals surface area contributed by atoms with Crippen LogP contribution in [-0.2, 0) is 32.6 Å². The van der Waals surface area contributed by atoms with Crippen LogP contribution in [0.2, 0.25) is 0 Å². The molecule has 0 spiro atoms. The molecule has 0 N–H and O–H groups in total. The van der Waals surface area contributed by atoms with Gasteiger partial charge in [0.25, 0.3) is 0 Å². The van der Waals surface area contributed by atoms with E-state index in [0.717, 1.165) is 5.56 Å². The van der Waals surface area contributed by atoms with Crippen molar-refractivity contribution >= 4 is 33.4 Å². The van der Waals surface area contributed by atoms with Gasteiger partial charge in [-0.25, -0.2) is 8.42 Å². The second-order valence-corrected chi connectivity index (χ2v) is 9.88. The first-order valence-corrected chi connectivity index (χ1v) is 12.6. The second kappa shape index (κ2) is 9.80. The van der Waals surface area contributed by atoms with Gasteiger partial charge in [0, 0.05) is 19.6 Å². The first kappa shape index (κ1) is 22.6. The summed E-state index contributed by atoms with van der Waals surface area (Å²) < 4.78 is 33.3. The largest absolute Gasteiger partial charge is 0.378 e. The first-order valence-electron chi connectivity index (χ1n) is 9.74. The van der Waals surface area contributed by atoms with E-state index < -0.39 is 10.0 Å². The van der Waals surface area contributed by atoms with Crippen LogP contribution in [0.1, 0.15) is 18.3 Å². The summed E-state index contributed by atoms with van der Waals surface area (Å²) in [7, 11) is -3.51. The number of aryl methyl sites for hydroxylation is 1. The smallest absolute Gasteiger partial charge is 0.233 e. The lowest BCUT2D eigenvalue weighted by Crippen LogP contribution is -2.41. The Balaban J connectivity index is 1.75. The van der Waals surface area contributed by atoms with E-state index in [9.17, 15) is 13.2 Å². The summed E-state index contributed by atoms with van der Waals surface area (Å²) >= 11 is 1.32. The number of anilines is 1. The molecule has 0 unspecified atom stereocenters. The summed E-state index contributed by atoms with van der Waals surface area (Å²) in [6.45, 7) is 6.86. The summed E-state index contributed by atoms with van der Waals surface area (Å²) in [5, 5.41) is 9.02. The van der Waals surface area contributed by atoms with Crippen LogP contribution < -0.4 is 4.31 Å². The Morgan fingerprint density at radius 3 is 2.47 bits per heavy atom. The fourth-order valence-electron chi connectivity index (χ4n) is 3.13. The van der Waals surface area contributed by atoms with Gasteiger partial charge < -0.3 is 14.2 Å². The molecular weight excluding hydrogens is 426 g/mol. The summed E-state index contributed by atoms with van der Waals surface area (Å²) in [6.07, 6.45) is 1.18. The van der Waals surface area contributed by atoms with Gasteiger partial charge in [0.1, 0.15) is 0 Å². The second-order valence-electron chi connectivity index (χ2n) is 7.03. The van der Waals surface area contributed by atoms with Gasteiger partial charge in [0.15, 0.2) is 11.0 Å². The number of rotatable bonds is 8. The number of morpholine rings is 1. The van der Waals surface area contributed by atoms with Crippen molar-refractivity contribution in [3.05, 3.63) is 35.7 Å². The number of ether oxygens (including phenoxy) is 1. The predicted octanol–water partition coefficient (Wildman–Crippen LogP) is 1.52. The molecule has 1 fully saturated rings. The highest BCUT2D eigenvalue weighted by atomic mass is 32.2. The molecule has 1 amide bonds. The number of amides is 1.